The number of carbonyl (C=O) groups is 4. The molecular formula is C35H41N9O4. The number of hydrogen-bond donors (Lipinski definition) is 5. The van der Waals surface area contributed by atoms with Gasteiger partial charge >= 0.3 is 0 Å². The minimum absolute atomic E-state index is 0.0950. The summed E-state index contributed by atoms with van der Waals surface area (Å²) in [6.07, 6.45) is 7.77. The minimum Gasteiger partial charge on any atom is -0.404 e. The van der Waals surface area contributed by atoms with Crippen molar-refractivity contribution < 1.29 is 19.2 Å². The first-order valence-electron chi connectivity index (χ1n) is 16.8. The molecule has 3 fully saturated rings. The van der Waals surface area contributed by atoms with Gasteiger partial charge in [0.2, 0.25) is 11.8 Å². The molecule has 0 spiro atoms. The van der Waals surface area contributed by atoms with Crippen molar-refractivity contribution in [2.45, 2.75) is 50.6 Å². The molecule has 6 N–H and O–H groups in total. The Morgan fingerprint density at radius 3 is 2.65 bits per heavy atom. The van der Waals surface area contributed by atoms with E-state index in [1.807, 2.05) is 6.21 Å². The standard InChI is InChI=1S/C35H41N9O4/c36-18-22(30-20-40-28-6-4-25(17-29(28)41-30)43-12-10-37-11-13-43)19-39-24-14-21(15-24)2-1-9-38-23-3-5-26-27(16-23)35(48)44(34(26)47)31-7-8-32(45)42-33(31)46/h3-6,16-19,21,24,31,37-38,40H,1-2,7-15,20,36H2,(H,42,45,46). The number of hydrogen-bond acceptors (Lipinski definition) is 11. The molecule has 7 rings (SSSR count). The number of imide groups is 2. The maximum atomic E-state index is 13.1. The summed E-state index contributed by atoms with van der Waals surface area (Å²) >= 11 is 0. The molecule has 2 aromatic rings. The smallest absolute Gasteiger partial charge is 0.262 e. The van der Waals surface area contributed by atoms with Crippen molar-refractivity contribution in [3.8, 4) is 0 Å². The normalized spacial score (nSPS) is 24.1. The summed E-state index contributed by atoms with van der Waals surface area (Å²) in [5, 5.41) is 12.5. The molecule has 13 heteroatoms. The van der Waals surface area contributed by atoms with Crippen LogP contribution in [0.1, 0.15) is 59.2 Å². The Kier molecular flexibility index (Phi) is 8.94. The number of nitrogens with two attached hydrogens (primary N) is 1. The van der Waals surface area contributed by atoms with E-state index in [0.29, 0.717) is 12.5 Å². The van der Waals surface area contributed by atoms with Gasteiger partial charge in [0, 0.05) is 68.5 Å². The fourth-order valence-corrected chi connectivity index (χ4v) is 7.07. The van der Waals surface area contributed by atoms with E-state index in [0.717, 1.165) is 91.7 Å². The van der Waals surface area contributed by atoms with Gasteiger partial charge in [-0.3, -0.25) is 34.4 Å². The summed E-state index contributed by atoms with van der Waals surface area (Å²) in [6, 6.07) is 10.8. The van der Waals surface area contributed by atoms with E-state index in [1.165, 1.54) is 5.69 Å². The van der Waals surface area contributed by atoms with Crippen molar-refractivity contribution in [3.63, 3.8) is 0 Å². The Morgan fingerprint density at radius 1 is 1.04 bits per heavy atom. The lowest BCUT2D eigenvalue weighted by molar-refractivity contribution is -0.136. The van der Waals surface area contributed by atoms with Crippen LogP contribution in [0, 0.1) is 5.92 Å². The number of nitrogens with zero attached hydrogens (tertiary/aromatic N) is 4. The number of piperazine rings is 1. The fraction of sp³-hybridized carbons (Fsp3) is 0.429. The van der Waals surface area contributed by atoms with Gasteiger partial charge in [0.1, 0.15) is 6.04 Å². The van der Waals surface area contributed by atoms with Gasteiger partial charge < -0.3 is 26.6 Å². The lowest BCUT2D eigenvalue weighted by atomic mass is 9.78. The van der Waals surface area contributed by atoms with Crippen molar-refractivity contribution in [2.75, 3.05) is 54.8 Å². The molecule has 250 valence electrons. The zero-order chi connectivity index (χ0) is 33.2. The molecule has 1 atom stereocenters. The third kappa shape index (κ3) is 6.42. The predicted molar refractivity (Wildman–Crippen MR) is 185 cm³/mol. The van der Waals surface area contributed by atoms with Crippen molar-refractivity contribution in [1.82, 2.24) is 15.5 Å². The quantitative estimate of drug-likeness (QED) is 0.147. The second-order valence-electron chi connectivity index (χ2n) is 13.0. The van der Waals surface area contributed by atoms with E-state index in [2.05, 4.69) is 44.4 Å². The first-order valence-corrected chi connectivity index (χ1v) is 16.8. The number of fused-ring (bicyclic) bond motifs is 2. The summed E-state index contributed by atoms with van der Waals surface area (Å²) in [5.41, 5.74) is 12.2. The van der Waals surface area contributed by atoms with Gasteiger partial charge in [-0.2, -0.15) is 0 Å². The highest BCUT2D eigenvalue weighted by Gasteiger charge is 2.44. The van der Waals surface area contributed by atoms with Crippen LogP contribution in [0.4, 0.5) is 22.7 Å². The highest BCUT2D eigenvalue weighted by atomic mass is 16.2. The van der Waals surface area contributed by atoms with Crippen molar-refractivity contribution in [1.29, 1.82) is 0 Å². The lowest BCUT2D eigenvalue weighted by Gasteiger charge is -2.32. The van der Waals surface area contributed by atoms with Crippen molar-refractivity contribution in [2.24, 2.45) is 21.6 Å². The van der Waals surface area contributed by atoms with Crippen LogP contribution in [-0.2, 0) is 9.59 Å². The number of anilines is 3. The van der Waals surface area contributed by atoms with E-state index >= 15 is 0 Å². The largest absolute Gasteiger partial charge is 0.404 e. The molecule has 4 heterocycles. The molecule has 13 nitrogen and oxygen atoms in total. The van der Waals surface area contributed by atoms with Crippen LogP contribution >= 0.6 is 0 Å². The van der Waals surface area contributed by atoms with Crippen molar-refractivity contribution in [3.05, 3.63) is 59.3 Å². The molecule has 48 heavy (non-hydrogen) atoms. The number of aliphatic imine (C=N–C) groups is 2. The van der Waals surface area contributed by atoms with Crippen LogP contribution in [-0.4, -0.2) is 91.8 Å². The summed E-state index contributed by atoms with van der Waals surface area (Å²) in [5.74, 6) is -1.40. The van der Waals surface area contributed by atoms with Crippen molar-refractivity contribution >= 4 is 58.3 Å². The SMILES string of the molecule is NC=C(C=NC1CC(CCCNc2ccc3c(c2)C(=O)N(C2CCC(=O)NC2=O)C3=O)C1)C1=Nc2cc(N3CCNCC3)ccc2NC1. The summed E-state index contributed by atoms with van der Waals surface area (Å²) < 4.78 is 0. The van der Waals surface area contributed by atoms with Gasteiger partial charge in [-0.05, 0) is 74.4 Å². The van der Waals surface area contributed by atoms with E-state index in [1.54, 1.807) is 24.4 Å². The zero-order valence-electron chi connectivity index (χ0n) is 26.8. The number of carbonyl (C=O) groups excluding carboxylic acids is 4. The molecule has 1 unspecified atom stereocenters. The summed E-state index contributed by atoms with van der Waals surface area (Å²) in [4.78, 5) is 62.9. The molecule has 4 aliphatic heterocycles. The molecule has 1 saturated carbocycles. The average Bonchev–Trinajstić information content (AvgIpc) is 3.33. The van der Waals surface area contributed by atoms with Crippen LogP contribution in [0.25, 0.3) is 0 Å². The summed E-state index contributed by atoms with van der Waals surface area (Å²) in [6.45, 7) is 5.26. The highest BCUT2D eigenvalue weighted by molar-refractivity contribution is 6.24. The van der Waals surface area contributed by atoms with Gasteiger partial charge in [0.25, 0.3) is 11.8 Å². The zero-order valence-corrected chi connectivity index (χ0v) is 26.8. The third-order valence-electron chi connectivity index (χ3n) is 9.87. The molecule has 1 aliphatic carbocycles. The van der Waals surface area contributed by atoms with E-state index in [9.17, 15) is 19.2 Å². The fourth-order valence-electron chi connectivity index (χ4n) is 7.07. The van der Waals surface area contributed by atoms with Gasteiger partial charge in [-0.1, -0.05) is 0 Å². The molecule has 5 aliphatic rings. The average molecular weight is 652 g/mol. The number of rotatable bonds is 10. The van der Waals surface area contributed by atoms with E-state index in [-0.39, 0.29) is 30.0 Å². The van der Waals surface area contributed by atoms with Gasteiger partial charge in [-0.15, -0.1) is 0 Å². The van der Waals surface area contributed by atoms with Gasteiger partial charge in [0.05, 0.1) is 40.8 Å². The number of amides is 4. The Balaban J connectivity index is 0.862. The van der Waals surface area contributed by atoms with E-state index in [4.69, 9.17) is 15.7 Å². The molecule has 0 radical (unpaired) electrons. The van der Waals surface area contributed by atoms with Crippen LogP contribution in [0.5, 0.6) is 0 Å². The maximum absolute atomic E-state index is 13.1. The Labute approximate surface area is 279 Å². The van der Waals surface area contributed by atoms with Gasteiger partial charge in [0.15, 0.2) is 0 Å². The highest BCUT2D eigenvalue weighted by Crippen LogP contribution is 2.35. The maximum Gasteiger partial charge on any atom is 0.262 e. The topological polar surface area (TPSA) is 174 Å². The molecule has 0 aromatic heterocycles. The van der Waals surface area contributed by atoms with Crippen LogP contribution < -0.4 is 31.9 Å². The molecule has 4 amide bonds. The Hall–Kier alpha value is -5.04. The molecular weight excluding hydrogens is 610 g/mol. The number of nitrogens with one attached hydrogen (secondary N) is 4. The monoisotopic (exact) mass is 651 g/mol. The van der Waals surface area contributed by atoms with Gasteiger partial charge in [-0.25, -0.2) is 4.99 Å². The first-order chi connectivity index (χ1) is 23.4. The third-order valence-corrected chi connectivity index (χ3v) is 9.87. The molecule has 2 saturated heterocycles. The second kappa shape index (κ2) is 13.6. The Morgan fingerprint density at radius 2 is 1.85 bits per heavy atom. The summed E-state index contributed by atoms with van der Waals surface area (Å²) in [7, 11) is 0. The molecule has 2 aromatic carbocycles. The second-order valence-corrected chi connectivity index (χ2v) is 13.0. The van der Waals surface area contributed by atoms with E-state index < -0.39 is 29.7 Å². The Bertz CT molecular complexity index is 1720. The number of piperidine rings is 1. The first kappa shape index (κ1) is 31.6. The molecule has 0 bridgehead atoms. The predicted octanol–water partition coefficient (Wildman–Crippen LogP) is 2.58. The van der Waals surface area contributed by atoms with Crippen LogP contribution in [0.15, 0.2) is 58.2 Å². The van der Waals surface area contributed by atoms with Crippen LogP contribution in [0.2, 0.25) is 0 Å². The lowest BCUT2D eigenvalue weighted by Crippen LogP contribution is -2.54. The minimum atomic E-state index is -0.966. The van der Waals surface area contributed by atoms with Crippen LogP contribution in [0.3, 0.4) is 0 Å². The number of benzene rings is 2.